The van der Waals surface area contributed by atoms with Gasteiger partial charge in [-0.25, -0.2) is 9.59 Å². The van der Waals surface area contributed by atoms with Gasteiger partial charge >= 0.3 is 11.9 Å². The summed E-state index contributed by atoms with van der Waals surface area (Å²) in [4.78, 5) is 23.1. The number of hydrogen-bond acceptors (Lipinski definition) is 5. The fourth-order valence-corrected chi connectivity index (χ4v) is 1.84. The van der Waals surface area contributed by atoms with E-state index in [1.807, 2.05) is 24.4 Å². The summed E-state index contributed by atoms with van der Waals surface area (Å²) >= 11 is 0. The summed E-state index contributed by atoms with van der Waals surface area (Å²) in [6, 6.07) is 14.6. The standard InChI is InChI=1S/C15H17N3.C4H4O4/c1-13(11-14-5-3-2-4-6-14)18-17-12-15-7-9-16-10-8-15;5-3(6)1-2-4(7)8/h2-10,12-13,18H,11H2,1H3;1-2H,(H,5,6)(H,7,8)/b17-12+;2-1+. The van der Waals surface area contributed by atoms with Gasteiger partial charge in [0, 0.05) is 30.6 Å². The van der Waals surface area contributed by atoms with Crippen molar-refractivity contribution in [1.82, 2.24) is 10.4 Å². The summed E-state index contributed by atoms with van der Waals surface area (Å²) in [6.45, 7) is 2.12. The lowest BCUT2D eigenvalue weighted by molar-refractivity contribution is -0.134. The second kappa shape index (κ2) is 12.0. The molecule has 0 radical (unpaired) electrons. The number of pyridine rings is 1. The van der Waals surface area contributed by atoms with E-state index in [0.717, 1.165) is 12.0 Å². The van der Waals surface area contributed by atoms with Crippen molar-refractivity contribution in [2.24, 2.45) is 5.10 Å². The van der Waals surface area contributed by atoms with Crippen LogP contribution in [0.25, 0.3) is 0 Å². The summed E-state index contributed by atoms with van der Waals surface area (Å²) in [5, 5.41) is 19.9. The van der Waals surface area contributed by atoms with Crippen molar-refractivity contribution in [3.05, 3.63) is 78.1 Å². The van der Waals surface area contributed by atoms with Crippen molar-refractivity contribution in [2.75, 3.05) is 0 Å². The van der Waals surface area contributed by atoms with Gasteiger partial charge in [-0.15, -0.1) is 0 Å². The number of carboxylic acids is 2. The average molecular weight is 355 g/mol. The molecule has 0 saturated heterocycles. The zero-order valence-corrected chi connectivity index (χ0v) is 14.3. The lowest BCUT2D eigenvalue weighted by Crippen LogP contribution is -2.23. The molecule has 0 aliphatic heterocycles. The summed E-state index contributed by atoms with van der Waals surface area (Å²) in [6.07, 6.45) is 7.41. The van der Waals surface area contributed by atoms with Gasteiger partial charge in [-0.3, -0.25) is 4.98 Å². The largest absolute Gasteiger partial charge is 0.478 e. The predicted molar refractivity (Wildman–Crippen MR) is 99.0 cm³/mol. The third kappa shape index (κ3) is 10.3. The molecular weight excluding hydrogens is 334 g/mol. The molecule has 1 heterocycles. The third-order valence-electron chi connectivity index (χ3n) is 2.97. The number of benzene rings is 1. The molecule has 0 fully saturated rings. The minimum Gasteiger partial charge on any atom is -0.478 e. The van der Waals surface area contributed by atoms with E-state index in [2.05, 4.69) is 46.7 Å². The van der Waals surface area contributed by atoms with Crippen molar-refractivity contribution in [3.8, 4) is 0 Å². The highest BCUT2D eigenvalue weighted by molar-refractivity contribution is 5.89. The molecule has 7 nitrogen and oxygen atoms in total. The maximum atomic E-state index is 9.55. The molecule has 0 saturated carbocycles. The van der Waals surface area contributed by atoms with Crippen LogP contribution in [0.5, 0.6) is 0 Å². The predicted octanol–water partition coefficient (Wildman–Crippen LogP) is 2.35. The van der Waals surface area contributed by atoms with Crippen LogP contribution in [0.3, 0.4) is 0 Å². The Kier molecular flexibility index (Phi) is 9.46. The Bertz CT molecular complexity index is 715. The van der Waals surface area contributed by atoms with Crippen LogP contribution < -0.4 is 5.43 Å². The lowest BCUT2D eigenvalue weighted by Gasteiger charge is -2.10. The summed E-state index contributed by atoms with van der Waals surface area (Å²) in [5.74, 6) is -2.51. The maximum Gasteiger partial charge on any atom is 0.328 e. The molecule has 0 bridgehead atoms. The van der Waals surface area contributed by atoms with E-state index in [0.29, 0.717) is 18.2 Å². The second-order valence-corrected chi connectivity index (χ2v) is 5.27. The van der Waals surface area contributed by atoms with Crippen LogP contribution in [-0.4, -0.2) is 39.4 Å². The van der Waals surface area contributed by atoms with Gasteiger partial charge in [-0.1, -0.05) is 30.3 Å². The molecular formula is C19H21N3O4. The molecule has 26 heavy (non-hydrogen) atoms. The molecule has 2 aromatic rings. The molecule has 0 amide bonds. The van der Waals surface area contributed by atoms with E-state index in [9.17, 15) is 9.59 Å². The van der Waals surface area contributed by atoms with Crippen molar-refractivity contribution in [3.63, 3.8) is 0 Å². The fourth-order valence-electron chi connectivity index (χ4n) is 1.84. The first-order valence-corrected chi connectivity index (χ1v) is 7.84. The van der Waals surface area contributed by atoms with E-state index in [1.54, 1.807) is 12.4 Å². The van der Waals surface area contributed by atoms with Gasteiger partial charge in [-0.2, -0.15) is 5.10 Å². The molecule has 1 aromatic carbocycles. The number of carbonyl (C=O) groups is 2. The number of aliphatic carboxylic acids is 2. The van der Waals surface area contributed by atoms with Gasteiger partial charge in [0.05, 0.1) is 6.21 Å². The molecule has 1 unspecified atom stereocenters. The number of carboxylic acid groups (broad SMARTS) is 2. The first-order chi connectivity index (χ1) is 12.5. The molecule has 136 valence electrons. The Morgan fingerprint density at radius 3 is 2.19 bits per heavy atom. The summed E-state index contributed by atoms with van der Waals surface area (Å²) in [7, 11) is 0. The Balaban J connectivity index is 0.000000359. The number of nitrogens with one attached hydrogen (secondary N) is 1. The average Bonchev–Trinajstić information content (AvgIpc) is 2.62. The first kappa shape index (κ1) is 20.6. The molecule has 1 atom stereocenters. The molecule has 0 aliphatic carbocycles. The van der Waals surface area contributed by atoms with Crippen LogP contribution >= 0.6 is 0 Å². The highest BCUT2D eigenvalue weighted by Crippen LogP contribution is 2.02. The van der Waals surface area contributed by atoms with Crippen LogP contribution in [0.15, 0.2) is 72.1 Å². The Labute approximate surface area is 151 Å². The minimum atomic E-state index is -1.26. The SMILES string of the molecule is CC(Cc1ccccc1)N/N=C/c1ccncc1.O=C(O)/C=C/C(=O)O. The molecule has 2 rings (SSSR count). The van der Waals surface area contributed by atoms with Crippen LogP contribution in [0.1, 0.15) is 18.1 Å². The van der Waals surface area contributed by atoms with Crippen LogP contribution in [0.4, 0.5) is 0 Å². The quantitative estimate of drug-likeness (QED) is 0.399. The van der Waals surface area contributed by atoms with E-state index >= 15 is 0 Å². The molecule has 7 heteroatoms. The number of hydrogen-bond donors (Lipinski definition) is 3. The van der Waals surface area contributed by atoms with Crippen molar-refractivity contribution < 1.29 is 19.8 Å². The number of rotatable bonds is 7. The highest BCUT2D eigenvalue weighted by atomic mass is 16.4. The van der Waals surface area contributed by atoms with Gasteiger partial charge in [-0.05, 0) is 36.6 Å². The van der Waals surface area contributed by atoms with E-state index in [-0.39, 0.29) is 0 Å². The number of hydrazone groups is 1. The fraction of sp³-hybridized carbons (Fsp3) is 0.158. The minimum absolute atomic E-state index is 0.311. The van der Waals surface area contributed by atoms with Crippen molar-refractivity contribution in [1.29, 1.82) is 0 Å². The Morgan fingerprint density at radius 1 is 1.08 bits per heavy atom. The second-order valence-electron chi connectivity index (χ2n) is 5.27. The topological polar surface area (TPSA) is 112 Å². The summed E-state index contributed by atoms with van der Waals surface area (Å²) in [5.41, 5.74) is 5.49. The zero-order valence-electron chi connectivity index (χ0n) is 14.3. The molecule has 1 aromatic heterocycles. The number of nitrogens with zero attached hydrogens (tertiary/aromatic N) is 2. The highest BCUT2D eigenvalue weighted by Gasteiger charge is 2.00. The molecule has 0 aliphatic rings. The van der Waals surface area contributed by atoms with Gasteiger partial charge in [0.1, 0.15) is 0 Å². The van der Waals surface area contributed by atoms with Gasteiger partial charge in [0.25, 0.3) is 0 Å². The maximum absolute atomic E-state index is 9.55. The van der Waals surface area contributed by atoms with Crippen molar-refractivity contribution in [2.45, 2.75) is 19.4 Å². The van der Waals surface area contributed by atoms with E-state index in [4.69, 9.17) is 10.2 Å². The Hall–Kier alpha value is -3.48. The third-order valence-corrected chi connectivity index (χ3v) is 2.97. The lowest BCUT2D eigenvalue weighted by atomic mass is 10.1. The van der Waals surface area contributed by atoms with E-state index in [1.165, 1.54) is 5.56 Å². The first-order valence-electron chi connectivity index (χ1n) is 7.84. The monoisotopic (exact) mass is 355 g/mol. The van der Waals surface area contributed by atoms with Crippen LogP contribution in [0.2, 0.25) is 0 Å². The van der Waals surface area contributed by atoms with Gasteiger partial charge in [0.2, 0.25) is 0 Å². The summed E-state index contributed by atoms with van der Waals surface area (Å²) < 4.78 is 0. The smallest absolute Gasteiger partial charge is 0.328 e. The van der Waals surface area contributed by atoms with Crippen molar-refractivity contribution >= 4 is 18.2 Å². The normalized spacial score (nSPS) is 11.6. The zero-order chi connectivity index (χ0) is 19.2. The molecule has 0 spiro atoms. The van der Waals surface area contributed by atoms with Crippen LogP contribution in [-0.2, 0) is 16.0 Å². The van der Waals surface area contributed by atoms with E-state index < -0.39 is 11.9 Å². The van der Waals surface area contributed by atoms with Gasteiger partial charge < -0.3 is 15.6 Å². The molecule has 3 N–H and O–H groups in total. The van der Waals surface area contributed by atoms with Gasteiger partial charge in [0.15, 0.2) is 0 Å². The Morgan fingerprint density at radius 2 is 1.65 bits per heavy atom. The van der Waals surface area contributed by atoms with Crippen LogP contribution in [0, 0.1) is 0 Å². The number of aromatic nitrogens is 1.